The van der Waals surface area contributed by atoms with Gasteiger partial charge in [0.15, 0.2) is 0 Å². The van der Waals surface area contributed by atoms with Crippen molar-refractivity contribution in [1.82, 2.24) is 35.2 Å². The molecule has 180 valence electrons. The number of amides is 1. The number of hydrogen-bond acceptors (Lipinski definition) is 7. The Morgan fingerprint density at radius 2 is 2.06 bits per heavy atom. The molecule has 0 atom stereocenters. The first-order valence-corrected chi connectivity index (χ1v) is 11.2. The van der Waals surface area contributed by atoms with Crippen molar-refractivity contribution < 1.29 is 9.18 Å². The van der Waals surface area contributed by atoms with Crippen molar-refractivity contribution in [2.45, 2.75) is 6.42 Å². The minimum absolute atomic E-state index is 0.0185. The summed E-state index contributed by atoms with van der Waals surface area (Å²) in [7, 11) is 3.88. The first kappa shape index (κ1) is 24.2. The van der Waals surface area contributed by atoms with Gasteiger partial charge < -0.3 is 15.5 Å². The second-order valence-electron chi connectivity index (χ2n) is 8.04. The predicted molar refractivity (Wildman–Crippen MR) is 134 cm³/mol. The van der Waals surface area contributed by atoms with Crippen LogP contribution in [0.25, 0.3) is 16.6 Å². The number of carbonyl (C=O) groups excluding carboxylic acids is 1. The summed E-state index contributed by atoms with van der Waals surface area (Å²) in [6.45, 7) is 1.15. The van der Waals surface area contributed by atoms with Gasteiger partial charge in [-0.15, -0.1) is 5.10 Å². The largest absolute Gasteiger partial charge is 0.352 e. The molecule has 35 heavy (non-hydrogen) atoms. The summed E-state index contributed by atoms with van der Waals surface area (Å²) in [5.41, 5.74) is 2.83. The molecule has 0 aliphatic carbocycles. The number of likely N-dealkylation sites (N-methyl/N-ethyl adjacent to an activating group) is 1. The summed E-state index contributed by atoms with van der Waals surface area (Å²) in [5, 5.41) is 15.2. The second kappa shape index (κ2) is 11.0. The molecule has 0 aliphatic heterocycles. The van der Waals surface area contributed by atoms with E-state index in [0.717, 1.165) is 22.3 Å². The van der Waals surface area contributed by atoms with Crippen LogP contribution in [0.2, 0.25) is 5.02 Å². The van der Waals surface area contributed by atoms with Gasteiger partial charge in [0.1, 0.15) is 18.0 Å². The molecule has 0 saturated heterocycles. The number of aromatic nitrogens is 5. The predicted octanol–water partition coefficient (Wildman–Crippen LogP) is 3.52. The maximum Gasteiger partial charge on any atom is 0.243 e. The first-order chi connectivity index (χ1) is 16.9. The Bertz CT molecular complexity index is 1370. The Morgan fingerprint density at radius 1 is 1.20 bits per heavy atom. The summed E-state index contributed by atoms with van der Waals surface area (Å²) in [5.74, 6) is -0.0875. The molecule has 2 aromatic carbocycles. The Labute approximate surface area is 206 Å². The highest BCUT2D eigenvalue weighted by molar-refractivity contribution is 6.31. The van der Waals surface area contributed by atoms with Gasteiger partial charge in [-0.3, -0.25) is 4.79 Å². The van der Waals surface area contributed by atoms with Gasteiger partial charge in [-0.25, -0.2) is 19.0 Å². The number of anilines is 2. The van der Waals surface area contributed by atoms with Gasteiger partial charge in [0.2, 0.25) is 5.91 Å². The van der Waals surface area contributed by atoms with Gasteiger partial charge in [0.25, 0.3) is 0 Å². The number of nitrogens with zero attached hydrogens (tertiary/aromatic N) is 6. The monoisotopic (exact) mass is 494 g/mol. The van der Waals surface area contributed by atoms with Crippen LogP contribution in [0.15, 0.2) is 61.1 Å². The van der Waals surface area contributed by atoms with Crippen molar-refractivity contribution in [3.05, 3.63) is 77.6 Å². The van der Waals surface area contributed by atoms with Crippen LogP contribution in [0.1, 0.15) is 5.69 Å². The number of fused-ring (bicyclic) bond motifs is 1. The Kier molecular flexibility index (Phi) is 7.64. The van der Waals surface area contributed by atoms with E-state index in [1.165, 1.54) is 24.5 Å². The van der Waals surface area contributed by atoms with E-state index < -0.39 is 5.82 Å². The minimum atomic E-state index is -0.491. The molecule has 0 aliphatic rings. The molecule has 0 bridgehead atoms. The van der Waals surface area contributed by atoms with Gasteiger partial charge >= 0.3 is 0 Å². The van der Waals surface area contributed by atoms with Crippen molar-refractivity contribution in [1.29, 1.82) is 0 Å². The van der Waals surface area contributed by atoms with Crippen molar-refractivity contribution in [2.24, 2.45) is 0 Å². The zero-order chi connectivity index (χ0) is 24.8. The quantitative estimate of drug-likeness (QED) is 0.343. The number of carbonyl (C=O) groups is 1. The highest BCUT2D eigenvalue weighted by atomic mass is 35.5. The molecule has 1 amide bonds. The molecule has 2 heterocycles. The van der Waals surface area contributed by atoms with Crippen LogP contribution < -0.4 is 10.6 Å². The second-order valence-corrected chi connectivity index (χ2v) is 8.44. The van der Waals surface area contributed by atoms with Crippen molar-refractivity contribution in [3.8, 4) is 5.69 Å². The molecule has 11 heteroatoms. The minimum Gasteiger partial charge on any atom is -0.352 e. The van der Waals surface area contributed by atoms with Crippen molar-refractivity contribution in [3.63, 3.8) is 0 Å². The average Bonchev–Trinajstić information content (AvgIpc) is 3.30. The number of rotatable bonds is 9. The van der Waals surface area contributed by atoms with Crippen LogP contribution in [0.5, 0.6) is 0 Å². The molecular weight excluding hydrogens is 471 g/mol. The maximum absolute atomic E-state index is 13.5. The summed E-state index contributed by atoms with van der Waals surface area (Å²) < 4.78 is 15.2. The van der Waals surface area contributed by atoms with Crippen LogP contribution in [-0.2, 0) is 11.2 Å². The molecule has 4 aromatic rings. The molecule has 0 unspecified atom stereocenters. The normalized spacial score (nSPS) is 11.5. The van der Waals surface area contributed by atoms with E-state index in [1.54, 1.807) is 10.7 Å². The van der Waals surface area contributed by atoms with E-state index >= 15 is 0 Å². The molecular formula is C24H24ClFN8O. The van der Waals surface area contributed by atoms with Crippen molar-refractivity contribution in [2.75, 3.05) is 32.5 Å². The van der Waals surface area contributed by atoms with Crippen LogP contribution >= 0.6 is 11.6 Å². The molecule has 2 N–H and O–H groups in total. The lowest BCUT2D eigenvalue weighted by Crippen LogP contribution is -2.24. The maximum atomic E-state index is 13.5. The smallest absolute Gasteiger partial charge is 0.243 e. The molecule has 2 aromatic heterocycles. The molecule has 0 radical (unpaired) electrons. The van der Waals surface area contributed by atoms with Crippen LogP contribution in [0, 0.1) is 5.82 Å². The van der Waals surface area contributed by atoms with E-state index in [1.807, 2.05) is 49.5 Å². The fraction of sp³-hybridized carbons (Fsp3) is 0.208. The van der Waals surface area contributed by atoms with E-state index in [9.17, 15) is 9.18 Å². The molecule has 0 fully saturated rings. The Hall–Kier alpha value is -3.89. The summed E-state index contributed by atoms with van der Waals surface area (Å²) >= 11 is 5.90. The topological polar surface area (TPSA) is 101 Å². The van der Waals surface area contributed by atoms with Gasteiger partial charge in [-0.1, -0.05) is 22.9 Å². The van der Waals surface area contributed by atoms with E-state index in [2.05, 4.69) is 30.9 Å². The van der Waals surface area contributed by atoms with Gasteiger partial charge in [0.05, 0.1) is 28.1 Å². The Morgan fingerprint density at radius 3 is 2.86 bits per heavy atom. The standard InChI is InChI=1S/C24H24ClFN8O/c1-33(2)11-3-4-23(35)27-10-9-17-14-34(32-31-17)18-6-8-22-19(13-18)24(29-15-28-22)30-16-5-7-21(26)20(25)12-16/h3-8,12-15H,9-11H2,1-2H3,(H,27,35)(H,28,29,30)/b4-3-. The summed E-state index contributed by atoms with van der Waals surface area (Å²) in [6.07, 6.45) is 7.14. The fourth-order valence-corrected chi connectivity index (χ4v) is 3.46. The van der Waals surface area contributed by atoms with Gasteiger partial charge in [0, 0.05) is 36.7 Å². The number of halogens is 2. The average molecular weight is 495 g/mol. The van der Waals surface area contributed by atoms with Gasteiger partial charge in [-0.05, 0) is 50.5 Å². The number of benzene rings is 2. The van der Waals surface area contributed by atoms with Crippen LogP contribution in [0.3, 0.4) is 0 Å². The zero-order valence-electron chi connectivity index (χ0n) is 19.2. The highest BCUT2D eigenvalue weighted by Gasteiger charge is 2.10. The first-order valence-electron chi connectivity index (χ1n) is 10.9. The third-order valence-corrected chi connectivity index (χ3v) is 5.32. The number of nitrogens with one attached hydrogen (secondary N) is 2. The molecule has 4 rings (SSSR count). The molecule has 0 spiro atoms. The third kappa shape index (κ3) is 6.37. The number of hydrogen-bond donors (Lipinski definition) is 2. The SMILES string of the molecule is CN(C)C/C=C\C(=O)NCCc1cn(-c2ccc3ncnc(Nc4ccc(F)c(Cl)c4)c3c2)nn1. The van der Waals surface area contributed by atoms with Crippen molar-refractivity contribution >= 4 is 39.9 Å². The highest BCUT2D eigenvalue weighted by Crippen LogP contribution is 2.27. The molecule has 0 saturated carbocycles. The lowest BCUT2D eigenvalue weighted by atomic mass is 10.2. The summed E-state index contributed by atoms with van der Waals surface area (Å²) in [6, 6.07) is 9.99. The Balaban J connectivity index is 1.46. The fourth-order valence-electron chi connectivity index (χ4n) is 3.28. The van der Waals surface area contributed by atoms with E-state index in [4.69, 9.17) is 11.6 Å². The van der Waals surface area contributed by atoms with Crippen LogP contribution in [0.4, 0.5) is 15.9 Å². The third-order valence-electron chi connectivity index (χ3n) is 5.03. The van der Waals surface area contributed by atoms with E-state index in [0.29, 0.717) is 31.0 Å². The van der Waals surface area contributed by atoms with Crippen LogP contribution in [-0.4, -0.2) is 63.0 Å². The zero-order valence-corrected chi connectivity index (χ0v) is 20.0. The van der Waals surface area contributed by atoms with E-state index in [-0.39, 0.29) is 10.9 Å². The van der Waals surface area contributed by atoms with Gasteiger partial charge in [-0.2, -0.15) is 0 Å². The molecule has 9 nitrogen and oxygen atoms in total. The summed E-state index contributed by atoms with van der Waals surface area (Å²) in [4.78, 5) is 22.5. The lowest BCUT2D eigenvalue weighted by Gasteiger charge is -2.10. The lowest BCUT2D eigenvalue weighted by molar-refractivity contribution is -0.116.